The van der Waals surface area contributed by atoms with Gasteiger partial charge in [0.25, 0.3) is 11.5 Å². The van der Waals surface area contributed by atoms with Crippen molar-refractivity contribution < 1.29 is 9.53 Å². The van der Waals surface area contributed by atoms with Crippen LogP contribution < -0.4 is 5.56 Å². The first-order valence-corrected chi connectivity index (χ1v) is 12.7. The summed E-state index contributed by atoms with van der Waals surface area (Å²) in [5, 5.41) is 6.04. The Kier molecular flexibility index (Phi) is 6.70. The number of pyridine rings is 1. The minimum absolute atomic E-state index is 0.0674. The number of H-pyrrole nitrogens is 1. The summed E-state index contributed by atoms with van der Waals surface area (Å²) in [5.41, 5.74) is 3.08. The first-order valence-electron chi connectivity index (χ1n) is 12.7. The number of benzene rings is 1. The summed E-state index contributed by atoms with van der Waals surface area (Å²) >= 11 is 0. The fourth-order valence-corrected chi connectivity index (χ4v) is 5.20. The topological polar surface area (TPSA) is 83.5 Å². The van der Waals surface area contributed by atoms with E-state index in [0.717, 1.165) is 80.9 Å². The van der Waals surface area contributed by atoms with Gasteiger partial charge in [-0.15, -0.1) is 0 Å². The third-order valence-electron chi connectivity index (χ3n) is 7.46. The number of ether oxygens (including phenoxy) is 1. The van der Waals surface area contributed by atoms with Crippen LogP contribution >= 0.6 is 0 Å². The second-order valence-electron chi connectivity index (χ2n) is 9.74. The Morgan fingerprint density at radius 3 is 2.68 bits per heavy atom. The summed E-state index contributed by atoms with van der Waals surface area (Å²) in [6.07, 6.45) is 6.38. The maximum absolute atomic E-state index is 13.5. The molecule has 2 fully saturated rings. The molecule has 1 saturated carbocycles. The molecular formula is C26H35N5O3. The smallest absolute Gasteiger partial charge is 0.259 e. The number of fused-ring (bicyclic) bond motifs is 3. The molecule has 8 heteroatoms. The van der Waals surface area contributed by atoms with Crippen LogP contribution in [0.1, 0.15) is 48.5 Å². The van der Waals surface area contributed by atoms with Crippen molar-refractivity contribution in [3.63, 3.8) is 0 Å². The SMILES string of the molecule is CCOCCCN1CCN(C(=O)c2cc3c(cc2C)[nH]c(=O)c2cnn(CC4CCC4)c23)CC1. The number of aromatic amines is 1. The summed E-state index contributed by atoms with van der Waals surface area (Å²) in [6, 6.07) is 3.91. The molecule has 0 atom stereocenters. The van der Waals surface area contributed by atoms with Crippen LogP contribution in [0.25, 0.3) is 21.8 Å². The third kappa shape index (κ3) is 4.49. The van der Waals surface area contributed by atoms with Crippen molar-refractivity contribution in [2.45, 2.75) is 46.1 Å². The summed E-state index contributed by atoms with van der Waals surface area (Å²) in [6.45, 7) is 10.6. The number of rotatable bonds is 8. The molecule has 3 aromatic rings. The van der Waals surface area contributed by atoms with Gasteiger partial charge in [0.2, 0.25) is 0 Å². The lowest BCUT2D eigenvalue weighted by molar-refractivity contribution is 0.0615. The Morgan fingerprint density at radius 1 is 1.18 bits per heavy atom. The lowest BCUT2D eigenvalue weighted by Crippen LogP contribution is -2.49. The molecule has 5 rings (SSSR count). The largest absolute Gasteiger partial charge is 0.382 e. The molecule has 182 valence electrons. The molecule has 1 aliphatic carbocycles. The van der Waals surface area contributed by atoms with Gasteiger partial charge in [0.1, 0.15) is 0 Å². The molecule has 0 bridgehead atoms. The lowest BCUT2D eigenvalue weighted by atomic mass is 9.85. The number of hydrogen-bond acceptors (Lipinski definition) is 5. The lowest BCUT2D eigenvalue weighted by Gasteiger charge is -2.35. The third-order valence-corrected chi connectivity index (χ3v) is 7.46. The number of aromatic nitrogens is 3. The van der Waals surface area contributed by atoms with E-state index in [1.165, 1.54) is 19.3 Å². The van der Waals surface area contributed by atoms with Gasteiger partial charge in [-0.3, -0.25) is 19.2 Å². The molecule has 1 amide bonds. The summed E-state index contributed by atoms with van der Waals surface area (Å²) in [4.78, 5) is 33.6. The fourth-order valence-electron chi connectivity index (χ4n) is 5.20. The Balaban J connectivity index is 1.39. The molecule has 0 radical (unpaired) electrons. The van der Waals surface area contributed by atoms with Crippen molar-refractivity contribution >= 4 is 27.7 Å². The van der Waals surface area contributed by atoms with Gasteiger partial charge in [-0.1, -0.05) is 6.42 Å². The van der Waals surface area contributed by atoms with Gasteiger partial charge in [-0.25, -0.2) is 0 Å². The zero-order chi connectivity index (χ0) is 23.7. The van der Waals surface area contributed by atoms with Crippen LogP contribution in [0.2, 0.25) is 0 Å². The van der Waals surface area contributed by atoms with Gasteiger partial charge < -0.3 is 14.6 Å². The van der Waals surface area contributed by atoms with Gasteiger partial charge >= 0.3 is 0 Å². The number of piperazine rings is 1. The van der Waals surface area contributed by atoms with Crippen molar-refractivity contribution in [2.75, 3.05) is 45.9 Å². The predicted octanol–water partition coefficient (Wildman–Crippen LogP) is 3.17. The molecule has 8 nitrogen and oxygen atoms in total. The van der Waals surface area contributed by atoms with Crippen molar-refractivity contribution in [3.05, 3.63) is 39.8 Å². The molecule has 1 aromatic carbocycles. The molecule has 1 N–H and O–H groups in total. The molecule has 3 heterocycles. The highest BCUT2D eigenvalue weighted by molar-refractivity contribution is 6.07. The highest BCUT2D eigenvalue weighted by Gasteiger charge is 2.25. The van der Waals surface area contributed by atoms with Gasteiger partial charge in [-0.2, -0.15) is 5.10 Å². The fraction of sp³-hybridized carbons (Fsp3) is 0.577. The van der Waals surface area contributed by atoms with Crippen LogP contribution in [-0.4, -0.2) is 76.4 Å². The van der Waals surface area contributed by atoms with Crippen LogP contribution in [0.15, 0.2) is 23.1 Å². The minimum atomic E-state index is -0.124. The maximum atomic E-state index is 13.5. The Morgan fingerprint density at radius 2 is 1.97 bits per heavy atom. The van der Waals surface area contributed by atoms with Crippen LogP contribution in [-0.2, 0) is 11.3 Å². The van der Waals surface area contributed by atoms with Gasteiger partial charge in [0.15, 0.2) is 0 Å². The normalized spacial score (nSPS) is 17.5. The average molecular weight is 466 g/mol. The Hall–Kier alpha value is -2.71. The monoisotopic (exact) mass is 465 g/mol. The van der Waals surface area contributed by atoms with Crippen LogP contribution in [0, 0.1) is 12.8 Å². The minimum Gasteiger partial charge on any atom is -0.382 e. The van der Waals surface area contributed by atoms with E-state index in [2.05, 4.69) is 15.0 Å². The maximum Gasteiger partial charge on any atom is 0.259 e. The van der Waals surface area contributed by atoms with E-state index in [0.29, 0.717) is 16.9 Å². The second-order valence-corrected chi connectivity index (χ2v) is 9.74. The van der Waals surface area contributed by atoms with E-state index in [1.54, 1.807) is 6.20 Å². The van der Waals surface area contributed by atoms with Gasteiger partial charge in [0, 0.05) is 63.4 Å². The molecular weight excluding hydrogens is 430 g/mol. The summed E-state index contributed by atoms with van der Waals surface area (Å²) < 4.78 is 7.42. The van der Waals surface area contributed by atoms with Crippen molar-refractivity contribution in [1.82, 2.24) is 24.6 Å². The zero-order valence-corrected chi connectivity index (χ0v) is 20.3. The summed E-state index contributed by atoms with van der Waals surface area (Å²) in [5.74, 6) is 0.687. The summed E-state index contributed by atoms with van der Waals surface area (Å²) in [7, 11) is 0. The average Bonchev–Trinajstić information content (AvgIpc) is 3.24. The van der Waals surface area contributed by atoms with E-state index in [-0.39, 0.29) is 11.5 Å². The number of carbonyl (C=O) groups excluding carboxylic acids is 1. The number of aryl methyl sites for hydroxylation is 1. The highest BCUT2D eigenvalue weighted by atomic mass is 16.5. The van der Waals surface area contributed by atoms with Crippen molar-refractivity contribution in [2.24, 2.45) is 5.92 Å². The Labute approximate surface area is 199 Å². The quantitative estimate of drug-likeness (QED) is 0.517. The highest BCUT2D eigenvalue weighted by Crippen LogP contribution is 2.31. The van der Waals surface area contributed by atoms with E-state index in [9.17, 15) is 9.59 Å². The zero-order valence-electron chi connectivity index (χ0n) is 20.3. The van der Waals surface area contributed by atoms with Gasteiger partial charge in [-0.05, 0) is 56.7 Å². The van der Waals surface area contributed by atoms with E-state index in [4.69, 9.17) is 4.74 Å². The van der Waals surface area contributed by atoms with Crippen LogP contribution in [0.3, 0.4) is 0 Å². The van der Waals surface area contributed by atoms with Crippen LogP contribution in [0.4, 0.5) is 0 Å². The second kappa shape index (κ2) is 9.88. The van der Waals surface area contributed by atoms with E-state index < -0.39 is 0 Å². The molecule has 0 unspecified atom stereocenters. The predicted molar refractivity (Wildman–Crippen MR) is 133 cm³/mol. The standard InChI is InChI=1S/C26H35N5O3/c1-3-34-13-5-8-29-9-11-30(12-10-29)26(33)20-15-21-23(14-18(20)2)28-25(32)22-16-27-31(24(21)22)17-19-6-4-7-19/h14-16,19H,3-13,17H2,1-2H3,(H,28,32). The van der Waals surface area contributed by atoms with Crippen LogP contribution in [0.5, 0.6) is 0 Å². The molecule has 2 aliphatic rings. The number of amides is 1. The Bertz CT molecular complexity index is 1230. The van der Waals surface area contributed by atoms with Crippen molar-refractivity contribution in [3.8, 4) is 0 Å². The number of carbonyl (C=O) groups is 1. The molecule has 1 saturated heterocycles. The van der Waals surface area contributed by atoms with Crippen molar-refractivity contribution in [1.29, 1.82) is 0 Å². The number of hydrogen-bond donors (Lipinski definition) is 1. The first kappa shape index (κ1) is 23.1. The molecule has 2 aromatic heterocycles. The number of nitrogens with zero attached hydrogens (tertiary/aromatic N) is 4. The number of nitrogens with one attached hydrogen (secondary N) is 1. The van der Waals surface area contributed by atoms with E-state index >= 15 is 0 Å². The van der Waals surface area contributed by atoms with E-state index in [1.807, 2.05) is 35.6 Å². The molecule has 0 spiro atoms. The van der Waals surface area contributed by atoms with Gasteiger partial charge in [0.05, 0.1) is 22.6 Å². The first-order chi connectivity index (χ1) is 16.5. The molecule has 34 heavy (non-hydrogen) atoms. The molecule has 1 aliphatic heterocycles.